The number of hydrogen-bond acceptors (Lipinski definition) is 4. The van der Waals surface area contributed by atoms with Crippen LogP contribution in [0.1, 0.15) is 37.8 Å². The first-order valence-electron chi connectivity index (χ1n) is 8.16. The molecule has 1 aromatic carbocycles. The molecule has 0 unspecified atom stereocenters. The third-order valence-corrected chi connectivity index (χ3v) is 6.39. The van der Waals surface area contributed by atoms with Gasteiger partial charge in [-0.25, -0.2) is 21.6 Å². The van der Waals surface area contributed by atoms with Crippen molar-refractivity contribution in [2.24, 2.45) is 0 Å². The summed E-state index contributed by atoms with van der Waals surface area (Å²) in [5.74, 6) is 0.0625. The van der Waals surface area contributed by atoms with E-state index >= 15 is 0 Å². The Morgan fingerprint density at radius 1 is 1.12 bits per heavy atom. The molecular weight excluding hydrogens is 348 g/mol. The number of unbranched alkanes of at least 4 members (excludes halogenated alkanes) is 1. The molecule has 0 amide bonds. The van der Waals surface area contributed by atoms with Crippen LogP contribution in [0.25, 0.3) is 0 Å². The van der Waals surface area contributed by atoms with Gasteiger partial charge in [0.05, 0.1) is 17.7 Å². The van der Waals surface area contributed by atoms with Gasteiger partial charge < -0.3 is 0 Å². The molecule has 6 nitrogen and oxygen atoms in total. The van der Waals surface area contributed by atoms with Gasteiger partial charge in [0, 0.05) is 13.1 Å². The lowest BCUT2D eigenvalue weighted by Crippen LogP contribution is -2.39. The van der Waals surface area contributed by atoms with E-state index in [1.54, 1.807) is 0 Å². The van der Waals surface area contributed by atoms with Crippen LogP contribution in [0.4, 0.5) is 5.69 Å². The molecule has 24 heavy (non-hydrogen) atoms. The van der Waals surface area contributed by atoms with Crippen LogP contribution in [0.3, 0.4) is 0 Å². The normalized spacial score (nSPS) is 12.3. The average molecular weight is 377 g/mol. The summed E-state index contributed by atoms with van der Waals surface area (Å²) in [5, 5.41) is 0. The van der Waals surface area contributed by atoms with Crippen LogP contribution in [0, 0.1) is 6.92 Å². The number of aryl methyl sites for hydroxylation is 2. The molecule has 0 aliphatic rings. The van der Waals surface area contributed by atoms with Gasteiger partial charge in [-0.2, -0.15) is 0 Å². The van der Waals surface area contributed by atoms with E-state index in [0.717, 1.165) is 23.8 Å². The van der Waals surface area contributed by atoms with Gasteiger partial charge in [-0.3, -0.25) is 4.31 Å². The predicted molar refractivity (Wildman–Crippen MR) is 99.4 cm³/mol. The van der Waals surface area contributed by atoms with E-state index < -0.39 is 20.0 Å². The molecule has 0 heterocycles. The minimum atomic E-state index is -3.51. The summed E-state index contributed by atoms with van der Waals surface area (Å²) in [5.41, 5.74) is 2.43. The summed E-state index contributed by atoms with van der Waals surface area (Å²) in [6.45, 7) is 5.87. The third kappa shape index (κ3) is 6.07. The molecule has 0 spiro atoms. The molecular formula is C16H28N2O4S2. The van der Waals surface area contributed by atoms with E-state index in [1.807, 2.05) is 39.0 Å². The molecule has 8 heteroatoms. The Balaban J connectivity index is 2.98. The van der Waals surface area contributed by atoms with E-state index in [-0.39, 0.29) is 18.8 Å². The summed E-state index contributed by atoms with van der Waals surface area (Å²) < 4.78 is 52.0. The molecule has 0 aliphatic heterocycles. The summed E-state index contributed by atoms with van der Waals surface area (Å²) in [7, 11) is -6.87. The van der Waals surface area contributed by atoms with Crippen LogP contribution in [0.2, 0.25) is 0 Å². The fourth-order valence-electron chi connectivity index (χ4n) is 2.51. The molecule has 1 N–H and O–H groups in total. The van der Waals surface area contributed by atoms with Gasteiger partial charge in [-0.05, 0) is 30.9 Å². The molecule has 138 valence electrons. The highest BCUT2D eigenvalue weighted by atomic mass is 32.2. The van der Waals surface area contributed by atoms with Gasteiger partial charge in [0.15, 0.2) is 0 Å². The second-order valence-electron chi connectivity index (χ2n) is 5.84. The minimum Gasteiger partial charge on any atom is -0.269 e. The lowest BCUT2D eigenvalue weighted by Gasteiger charge is -2.26. The SMILES string of the molecule is CCCCS(=O)(=O)NCCN(c1c(C)cccc1CC)S(C)(=O)=O. The van der Waals surface area contributed by atoms with E-state index in [9.17, 15) is 16.8 Å². The summed E-state index contributed by atoms with van der Waals surface area (Å²) >= 11 is 0. The maximum atomic E-state index is 12.2. The first-order chi connectivity index (χ1) is 11.1. The highest BCUT2D eigenvalue weighted by Crippen LogP contribution is 2.27. The van der Waals surface area contributed by atoms with E-state index in [1.165, 1.54) is 4.31 Å². The quantitative estimate of drug-likeness (QED) is 0.677. The Bertz CT molecular complexity index is 743. The van der Waals surface area contributed by atoms with Crippen LogP contribution < -0.4 is 9.03 Å². The average Bonchev–Trinajstić information content (AvgIpc) is 2.49. The van der Waals surface area contributed by atoms with Crippen molar-refractivity contribution < 1.29 is 16.8 Å². The highest BCUT2D eigenvalue weighted by molar-refractivity contribution is 7.92. The standard InChI is InChI=1S/C16H28N2O4S2/c1-5-7-13-24(21,22)17-11-12-18(23(4,19)20)16-14(3)9-8-10-15(16)6-2/h8-10,17H,5-7,11-13H2,1-4H3. The van der Waals surface area contributed by atoms with Crippen molar-refractivity contribution >= 4 is 25.7 Å². The fraction of sp³-hybridized carbons (Fsp3) is 0.625. The van der Waals surface area contributed by atoms with Crippen LogP contribution in [0.15, 0.2) is 18.2 Å². The third-order valence-electron chi connectivity index (χ3n) is 3.76. The van der Waals surface area contributed by atoms with Gasteiger partial charge >= 0.3 is 0 Å². The van der Waals surface area contributed by atoms with Crippen LogP contribution in [-0.4, -0.2) is 41.9 Å². The van der Waals surface area contributed by atoms with Crippen molar-refractivity contribution in [3.63, 3.8) is 0 Å². The summed E-state index contributed by atoms with van der Waals surface area (Å²) in [6, 6.07) is 5.65. The first-order valence-corrected chi connectivity index (χ1v) is 11.7. The van der Waals surface area contributed by atoms with Crippen molar-refractivity contribution in [3.05, 3.63) is 29.3 Å². The molecule has 0 bridgehead atoms. The molecule has 0 saturated heterocycles. The maximum absolute atomic E-state index is 12.2. The Morgan fingerprint density at radius 2 is 1.79 bits per heavy atom. The molecule has 0 saturated carbocycles. The largest absolute Gasteiger partial charge is 0.269 e. The Labute approximate surface area is 146 Å². The summed E-state index contributed by atoms with van der Waals surface area (Å²) in [4.78, 5) is 0. The van der Waals surface area contributed by atoms with Crippen LogP contribution in [0.5, 0.6) is 0 Å². The molecule has 0 fully saturated rings. The number of rotatable bonds is 10. The molecule has 0 aliphatic carbocycles. The zero-order chi connectivity index (χ0) is 18.4. The number of sulfonamides is 2. The van der Waals surface area contributed by atoms with Crippen molar-refractivity contribution in [2.75, 3.05) is 29.4 Å². The van der Waals surface area contributed by atoms with Gasteiger partial charge in [0.2, 0.25) is 20.0 Å². The lowest BCUT2D eigenvalue weighted by atomic mass is 10.1. The monoisotopic (exact) mass is 376 g/mol. The van der Waals surface area contributed by atoms with E-state index in [0.29, 0.717) is 18.5 Å². The van der Waals surface area contributed by atoms with Crippen LogP contribution in [-0.2, 0) is 26.5 Å². The number of nitrogens with one attached hydrogen (secondary N) is 1. The van der Waals surface area contributed by atoms with Crippen LogP contribution >= 0.6 is 0 Å². The Morgan fingerprint density at radius 3 is 2.33 bits per heavy atom. The maximum Gasteiger partial charge on any atom is 0.232 e. The van der Waals surface area contributed by atoms with Crippen molar-refractivity contribution in [1.29, 1.82) is 0 Å². The van der Waals surface area contributed by atoms with Gasteiger partial charge in [-0.15, -0.1) is 0 Å². The number of para-hydroxylation sites is 1. The second kappa shape index (κ2) is 8.82. The molecule has 1 aromatic rings. The lowest BCUT2D eigenvalue weighted by molar-refractivity contribution is 0.575. The first kappa shape index (κ1) is 20.9. The summed E-state index contributed by atoms with van der Waals surface area (Å²) in [6.07, 6.45) is 3.22. The molecule has 0 radical (unpaired) electrons. The van der Waals surface area contributed by atoms with Gasteiger partial charge in [0.25, 0.3) is 0 Å². The van der Waals surface area contributed by atoms with Gasteiger partial charge in [0.1, 0.15) is 0 Å². The number of anilines is 1. The van der Waals surface area contributed by atoms with Crippen molar-refractivity contribution in [1.82, 2.24) is 4.72 Å². The van der Waals surface area contributed by atoms with Crippen molar-refractivity contribution in [2.45, 2.75) is 40.0 Å². The number of benzene rings is 1. The van der Waals surface area contributed by atoms with Gasteiger partial charge in [-0.1, -0.05) is 38.5 Å². The smallest absolute Gasteiger partial charge is 0.232 e. The van der Waals surface area contributed by atoms with Crippen molar-refractivity contribution in [3.8, 4) is 0 Å². The molecule has 0 aromatic heterocycles. The molecule has 1 rings (SSSR count). The van der Waals surface area contributed by atoms with E-state index in [4.69, 9.17) is 0 Å². The second-order valence-corrected chi connectivity index (χ2v) is 9.67. The number of hydrogen-bond donors (Lipinski definition) is 1. The Kier molecular flexibility index (Phi) is 7.69. The fourth-order valence-corrected chi connectivity index (χ4v) is 4.75. The topological polar surface area (TPSA) is 83.6 Å². The predicted octanol–water partition coefficient (Wildman–Crippen LogP) is 2.04. The van der Waals surface area contributed by atoms with E-state index in [2.05, 4.69) is 4.72 Å². The number of nitrogens with zero attached hydrogens (tertiary/aromatic N) is 1. The zero-order valence-electron chi connectivity index (χ0n) is 14.9. The zero-order valence-corrected chi connectivity index (χ0v) is 16.5. The highest BCUT2D eigenvalue weighted by Gasteiger charge is 2.22. The minimum absolute atomic E-state index is 0.0522. The Hall–Kier alpha value is -1.12. The molecule has 0 atom stereocenters.